The third-order valence-electron chi connectivity index (χ3n) is 3.81. The van der Waals surface area contributed by atoms with Gasteiger partial charge in [0.25, 0.3) is 0 Å². The molecule has 2 heterocycles. The van der Waals surface area contributed by atoms with Crippen LogP contribution in [0.5, 0.6) is 0 Å². The quantitative estimate of drug-likeness (QED) is 0.668. The number of rotatable bonds is 6. The van der Waals surface area contributed by atoms with Gasteiger partial charge in [-0.1, -0.05) is 16.8 Å². The Hall–Kier alpha value is -3.55. The monoisotopic (exact) mass is 366 g/mol. The zero-order valence-electron chi connectivity index (χ0n) is 14.9. The van der Waals surface area contributed by atoms with Crippen molar-refractivity contribution in [1.29, 1.82) is 0 Å². The number of aromatic nitrogens is 3. The minimum atomic E-state index is -0.507. The first kappa shape index (κ1) is 18.2. The number of hydrogen-bond acceptors (Lipinski definition) is 7. The highest BCUT2D eigenvalue weighted by Gasteiger charge is 2.15. The van der Waals surface area contributed by atoms with E-state index in [9.17, 15) is 9.59 Å². The third kappa shape index (κ3) is 4.55. The molecule has 0 aliphatic rings. The van der Waals surface area contributed by atoms with Gasteiger partial charge >= 0.3 is 5.97 Å². The Bertz CT molecular complexity index is 953. The number of hydrogen-bond donors (Lipinski definition) is 1. The molecule has 0 aliphatic carbocycles. The number of esters is 1. The molecule has 8 heteroatoms. The number of nitrogens with one attached hydrogen (secondary N) is 1. The van der Waals surface area contributed by atoms with Crippen molar-refractivity contribution in [2.24, 2.45) is 0 Å². The summed E-state index contributed by atoms with van der Waals surface area (Å²) in [6.45, 7) is 1.85. The van der Waals surface area contributed by atoms with Crippen molar-refractivity contribution in [2.75, 3.05) is 12.4 Å². The van der Waals surface area contributed by atoms with E-state index in [-0.39, 0.29) is 18.7 Å². The number of methoxy groups -OCH3 is 1. The maximum Gasteiger partial charge on any atom is 0.339 e. The van der Waals surface area contributed by atoms with Crippen LogP contribution in [0.1, 0.15) is 28.2 Å². The SMILES string of the molecule is COC(=O)c1cc(C)ccc1NC(=O)CCc1nc(-c2cccnc2)no1. The van der Waals surface area contributed by atoms with Crippen molar-refractivity contribution in [1.82, 2.24) is 15.1 Å². The topological polar surface area (TPSA) is 107 Å². The molecule has 8 nitrogen and oxygen atoms in total. The maximum atomic E-state index is 12.2. The van der Waals surface area contributed by atoms with E-state index in [0.29, 0.717) is 23.0 Å². The molecule has 0 atom stereocenters. The standard InChI is InChI=1S/C19H18N4O4/c1-12-5-6-15(14(10-12)19(25)26-2)21-16(24)7-8-17-22-18(23-27-17)13-4-3-9-20-11-13/h3-6,9-11H,7-8H2,1-2H3,(H,21,24). The van der Waals surface area contributed by atoms with Crippen LogP contribution in [-0.2, 0) is 16.0 Å². The highest BCUT2D eigenvalue weighted by Crippen LogP contribution is 2.19. The number of amides is 1. The summed E-state index contributed by atoms with van der Waals surface area (Å²) < 4.78 is 9.93. The molecule has 3 rings (SSSR count). The maximum absolute atomic E-state index is 12.2. The van der Waals surface area contributed by atoms with Crippen molar-refractivity contribution in [3.05, 3.63) is 59.7 Å². The van der Waals surface area contributed by atoms with Gasteiger partial charge in [-0.25, -0.2) is 4.79 Å². The molecule has 0 bridgehead atoms. The fourth-order valence-electron chi connectivity index (χ4n) is 2.45. The van der Waals surface area contributed by atoms with Crippen LogP contribution in [0, 0.1) is 6.92 Å². The van der Waals surface area contributed by atoms with E-state index in [1.165, 1.54) is 7.11 Å². The summed E-state index contributed by atoms with van der Waals surface area (Å²) in [6, 6.07) is 8.74. The first-order chi connectivity index (χ1) is 13.1. The van der Waals surface area contributed by atoms with Gasteiger partial charge in [0.2, 0.25) is 17.6 Å². The molecular formula is C19H18N4O4. The number of ether oxygens (including phenoxy) is 1. The lowest BCUT2D eigenvalue weighted by Crippen LogP contribution is -2.16. The van der Waals surface area contributed by atoms with Gasteiger partial charge in [-0.15, -0.1) is 0 Å². The van der Waals surface area contributed by atoms with E-state index in [4.69, 9.17) is 9.26 Å². The first-order valence-corrected chi connectivity index (χ1v) is 8.28. The Kier molecular flexibility index (Phi) is 5.55. The third-order valence-corrected chi connectivity index (χ3v) is 3.81. The van der Waals surface area contributed by atoms with Crippen molar-refractivity contribution < 1.29 is 18.8 Å². The van der Waals surface area contributed by atoms with Crippen LogP contribution in [0.25, 0.3) is 11.4 Å². The van der Waals surface area contributed by atoms with E-state index in [1.54, 1.807) is 36.7 Å². The Morgan fingerprint density at radius 2 is 2.11 bits per heavy atom. The minimum Gasteiger partial charge on any atom is -0.465 e. The van der Waals surface area contributed by atoms with Crippen LogP contribution < -0.4 is 5.32 Å². The summed E-state index contributed by atoms with van der Waals surface area (Å²) in [5, 5.41) is 6.61. The Morgan fingerprint density at radius 1 is 1.26 bits per heavy atom. The Labute approximate surface area is 155 Å². The highest BCUT2D eigenvalue weighted by atomic mass is 16.5. The molecular weight excluding hydrogens is 348 g/mol. The second-order valence-electron chi connectivity index (χ2n) is 5.84. The Morgan fingerprint density at radius 3 is 2.85 bits per heavy atom. The van der Waals surface area contributed by atoms with Gasteiger partial charge in [-0.3, -0.25) is 9.78 Å². The van der Waals surface area contributed by atoms with Crippen LogP contribution in [-0.4, -0.2) is 34.1 Å². The molecule has 0 spiro atoms. The molecule has 0 fully saturated rings. The van der Waals surface area contributed by atoms with Crippen molar-refractivity contribution in [2.45, 2.75) is 19.8 Å². The fourth-order valence-corrected chi connectivity index (χ4v) is 2.45. The van der Waals surface area contributed by atoms with Gasteiger partial charge in [0, 0.05) is 30.8 Å². The number of carbonyl (C=O) groups excluding carboxylic acids is 2. The van der Waals surface area contributed by atoms with E-state index >= 15 is 0 Å². The lowest BCUT2D eigenvalue weighted by Gasteiger charge is -2.10. The molecule has 2 aromatic heterocycles. The number of carbonyl (C=O) groups is 2. The van der Waals surface area contributed by atoms with Crippen molar-refractivity contribution in [3.63, 3.8) is 0 Å². The summed E-state index contributed by atoms with van der Waals surface area (Å²) >= 11 is 0. The van der Waals surface area contributed by atoms with Gasteiger partial charge in [0.05, 0.1) is 18.4 Å². The molecule has 1 aromatic carbocycles. The van der Waals surface area contributed by atoms with E-state index in [2.05, 4.69) is 20.4 Å². The first-order valence-electron chi connectivity index (χ1n) is 8.28. The lowest BCUT2D eigenvalue weighted by atomic mass is 10.1. The zero-order valence-corrected chi connectivity index (χ0v) is 14.9. The molecule has 0 saturated carbocycles. The summed E-state index contributed by atoms with van der Waals surface area (Å²) in [6.07, 6.45) is 3.69. The molecule has 1 amide bonds. The fraction of sp³-hybridized carbons (Fsp3) is 0.211. The summed E-state index contributed by atoms with van der Waals surface area (Å²) in [5.74, 6) is -0.0109. The van der Waals surface area contributed by atoms with E-state index < -0.39 is 5.97 Å². The number of anilines is 1. The minimum absolute atomic E-state index is 0.128. The van der Waals surface area contributed by atoms with Crippen LogP contribution in [0.4, 0.5) is 5.69 Å². The van der Waals surface area contributed by atoms with Crippen LogP contribution in [0.2, 0.25) is 0 Å². The van der Waals surface area contributed by atoms with Gasteiger partial charge in [0.15, 0.2) is 0 Å². The average Bonchev–Trinajstić information content (AvgIpc) is 3.17. The predicted molar refractivity (Wildman–Crippen MR) is 97.0 cm³/mol. The zero-order chi connectivity index (χ0) is 19.2. The van der Waals surface area contributed by atoms with Crippen molar-refractivity contribution in [3.8, 4) is 11.4 Å². The molecule has 0 saturated heterocycles. The molecule has 138 valence electrons. The van der Waals surface area contributed by atoms with Crippen LogP contribution in [0.15, 0.2) is 47.2 Å². The van der Waals surface area contributed by atoms with Gasteiger partial charge in [-0.2, -0.15) is 4.98 Å². The van der Waals surface area contributed by atoms with Crippen LogP contribution in [0.3, 0.4) is 0 Å². The number of benzene rings is 1. The summed E-state index contributed by atoms with van der Waals surface area (Å²) in [7, 11) is 1.30. The smallest absolute Gasteiger partial charge is 0.339 e. The largest absolute Gasteiger partial charge is 0.465 e. The molecule has 0 aliphatic heterocycles. The van der Waals surface area contributed by atoms with Gasteiger partial charge in [-0.05, 0) is 31.2 Å². The summed E-state index contributed by atoms with van der Waals surface area (Å²) in [5.41, 5.74) is 2.34. The Balaban J connectivity index is 1.63. The predicted octanol–water partition coefficient (Wildman–Crippen LogP) is 2.80. The van der Waals surface area contributed by atoms with E-state index in [0.717, 1.165) is 11.1 Å². The van der Waals surface area contributed by atoms with Gasteiger partial charge < -0.3 is 14.6 Å². The van der Waals surface area contributed by atoms with E-state index in [1.807, 2.05) is 13.0 Å². The molecule has 0 unspecified atom stereocenters. The number of pyridine rings is 1. The van der Waals surface area contributed by atoms with Gasteiger partial charge in [0.1, 0.15) is 0 Å². The molecule has 0 radical (unpaired) electrons. The van der Waals surface area contributed by atoms with Crippen molar-refractivity contribution >= 4 is 17.6 Å². The second-order valence-corrected chi connectivity index (χ2v) is 5.84. The lowest BCUT2D eigenvalue weighted by molar-refractivity contribution is -0.116. The molecule has 1 N–H and O–H groups in total. The number of nitrogens with zero attached hydrogens (tertiary/aromatic N) is 3. The molecule has 27 heavy (non-hydrogen) atoms. The highest BCUT2D eigenvalue weighted by molar-refractivity contribution is 6.01. The second kappa shape index (κ2) is 8.22. The summed E-state index contributed by atoms with van der Waals surface area (Å²) in [4.78, 5) is 32.4. The number of aryl methyl sites for hydroxylation is 2. The normalized spacial score (nSPS) is 10.4. The van der Waals surface area contributed by atoms with Crippen LogP contribution >= 0.6 is 0 Å². The molecule has 3 aromatic rings. The average molecular weight is 366 g/mol.